The maximum atomic E-state index is 12.5. The van der Waals surface area contributed by atoms with Crippen LogP contribution in [0.4, 0.5) is 5.69 Å². The number of nitrogens with zero attached hydrogens (tertiary/aromatic N) is 4. The molecule has 0 saturated heterocycles. The molecular weight excluding hydrogens is 392 g/mol. The van der Waals surface area contributed by atoms with Gasteiger partial charge in [-0.2, -0.15) is 4.98 Å². The van der Waals surface area contributed by atoms with Crippen molar-refractivity contribution < 1.29 is 23.7 Å². The van der Waals surface area contributed by atoms with Gasteiger partial charge in [0.25, 0.3) is 5.69 Å². The topological polar surface area (TPSA) is 121 Å². The van der Waals surface area contributed by atoms with Crippen molar-refractivity contribution in [3.8, 4) is 22.9 Å². The fraction of sp³-hybridized carbons (Fsp3) is 0.250. The summed E-state index contributed by atoms with van der Waals surface area (Å²) in [6, 6.07) is 11.3. The van der Waals surface area contributed by atoms with Gasteiger partial charge in [0.15, 0.2) is 0 Å². The van der Waals surface area contributed by atoms with Gasteiger partial charge < -0.3 is 18.9 Å². The molecule has 0 fully saturated rings. The first-order chi connectivity index (χ1) is 14.4. The number of hydrogen-bond donors (Lipinski definition) is 0. The van der Waals surface area contributed by atoms with Crippen LogP contribution >= 0.6 is 0 Å². The van der Waals surface area contributed by atoms with E-state index in [1.54, 1.807) is 50.6 Å². The maximum Gasteiger partial charge on any atom is 0.273 e. The average Bonchev–Trinajstić information content (AvgIpc) is 3.21. The lowest BCUT2D eigenvalue weighted by Crippen LogP contribution is -2.28. The molecule has 0 aliphatic heterocycles. The molecule has 10 nitrogen and oxygen atoms in total. The molecule has 30 heavy (non-hydrogen) atoms. The molecule has 0 unspecified atom stereocenters. The van der Waals surface area contributed by atoms with Gasteiger partial charge >= 0.3 is 0 Å². The standard InChI is InChI=1S/C20H20N4O6/c1-23(19(25)10-13-6-4-5-7-16(13)24(26)27)12-18-21-20(22-30-18)15-9-8-14(28-2)11-17(15)29-3/h4-9,11H,10,12H2,1-3H3. The van der Waals surface area contributed by atoms with Crippen LogP contribution in [0.2, 0.25) is 0 Å². The van der Waals surface area contributed by atoms with E-state index in [2.05, 4.69) is 10.1 Å². The van der Waals surface area contributed by atoms with Crippen LogP contribution < -0.4 is 9.47 Å². The molecule has 10 heteroatoms. The van der Waals surface area contributed by atoms with Crippen molar-refractivity contribution in [3.63, 3.8) is 0 Å². The molecule has 1 aromatic heterocycles. The summed E-state index contributed by atoms with van der Waals surface area (Å²) in [5.74, 6) is 1.36. The Morgan fingerprint density at radius 1 is 1.20 bits per heavy atom. The van der Waals surface area contributed by atoms with E-state index in [-0.39, 0.29) is 30.5 Å². The number of amides is 1. The molecule has 156 valence electrons. The van der Waals surface area contributed by atoms with Crippen LogP contribution in [0.15, 0.2) is 47.0 Å². The molecule has 0 atom stereocenters. The van der Waals surface area contributed by atoms with E-state index in [4.69, 9.17) is 14.0 Å². The minimum absolute atomic E-state index is 0.0605. The Labute approximate surface area is 172 Å². The van der Waals surface area contributed by atoms with Gasteiger partial charge in [0.2, 0.25) is 17.6 Å². The van der Waals surface area contributed by atoms with Crippen LogP contribution in [0.25, 0.3) is 11.4 Å². The minimum Gasteiger partial charge on any atom is -0.497 e. The van der Waals surface area contributed by atoms with E-state index in [1.807, 2.05) is 0 Å². The zero-order valence-electron chi connectivity index (χ0n) is 16.7. The lowest BCUT2D eigenvalue weighted by molar-refractivity contribution is -0.385. The molecular formula is C20H20N4O6. The van der Waals surface area contributed by atoms with Gasteiger partial charge in [-0.15, -0.1) is 0 Å². The van der Waals surface area contributed by atoms with Gasteiger partial charge in [0.05, 0.1) is 37.7 Å². The monoisotopic (exact) mass is 412 g/mol. The Hall–Kier alpha value is -3.95. The molecule has 0 aliphatic carbocycles. The molecule has 0 N–H and O–H groups in total. The largest absolute Gasteiger partial charge is 0.497 e. The molecule has 0 radical (unpaired) electrons. The molecule has 0 aliphatic rings. The predicted molar refractivity (Wildman–Crippen MR) is 106 cm³/mol. The van der Waals surface area contributed by atoms with Crippen molar-refractivity contribution in [2.45, 2.75) is 13.0 Å². The van der Waals surface area contributed by atoms with E-state index in [0.29, 0.717) is 28.5 Å². The number of likely N-dealkylation sites (N-methyl/N-ethyl adjacent to an activating group) is 1. The third kappa shape index (κ3) is 4.54. The average molecular weight is 412 g/mol. The number of rotatable bonds is 8. The molecule has 2 aromatic carbocycles. The van der Waals surface area contributed by atoms with Crippen molar-refractivity contribution in [3.05, 3.63) is 64.0 Å². The number of ether oxygens (including phenoxy) is 2. The summed E-state index contributed by atoms with van der Waals surface area (Å²) >= 11 is 0. The highest BCUT2D eigenvalue weighted by molar-refractivity contribution is 5.79. The van der Waals surface area contributed by atoms with Gasteiger partial charge in [-0.1, -0.05) is 23.4 Å². The summed E-state index contributed by atoms with van der Waals surface area (Å²) in [6.45, 7) is 0.0605. The molecule has 0 saturated carbocycles. The second-order valence-electron chi connectivity index (χ2n) is 6.39. The second-order valence-corrected chi connectivity index (χ2v) is 6.39. The fourth-order valence-corrected chi connectivity index (χ4v) is 2.84. The summed E-state index contributed by atoms with van der Waals surface area (Å²) in [6.07, 6.45) is -0.110. The summed E-state index contributed by atoms with van der Waals surface area (Å²) in [4.78, 5) is 28.8. The van der Waals surface area contributed by atoms with E-state index in [0.717, 1.165) is 0 Å². The van der Waals surface area contributed by atoms with Crippen LogP contribution in [-0.4, -0.2) is 47.1 Å². The number of carbonyl (C=O) groups is 1. The summed E-state index contributed by atoms with van der Waals surface area (Å²) in [7, 11) is 4.64. The maximum absolute atomic E-state index is 12.5. The number of carbonyl (C=O) groups excluding carboxylic acids is 1. The summed E-state index contributed by atoms with van der Waals surface area (Å²) in [5.41, 5.74) is 0.863. The Balaban J connectivity index is 1.72. The highest BCUT2D eigenvalue weighted by Gasteiger charge is 2.20. The lowest BCUT2D eigenvalue weighted by atomic mass is 10.1. The van der Waals surface area contributed by atoms with Crippen molar-refractivity contribution in [2.75, 3.05) is 21.3 Å². The molecule has 0 bridgehead atoms. The smallest absolute Gasteiger partial charge is 0.273 e. The van der Waals surface area contributed by atoms with Crippen LogP contribution in [0.5, 0.6) is 11.5 Å². The Bertz CT molecular complexity index is 1060. The first-order valence-corrected chi connectivity index (χ1v) is 8.94. The van der Waals surface area contributed by atoms with E-state index >= 15 is 0 Å². The highest BCUT2D eigenvalue weighted by Crippen LogP contribution is 2.31. The Morgan fingerprint density at radius 2 is 1.97 bits per heavy atom. The van der Waals surface area contributed by atoms with Crippen molar-refractivity contribution in [1.82, 2.24) is 15.0 Å². The summed E-state index contributed by atoms with van der Waals surface area (Å²) < 4.78 is 15.8. The zero-order valence-corrected chi connectivity index (χ0v) is 16.7. The molecule has 0 spiro atoms. The van der Waals surface area contributed by atoms with Crippen molar-refractivity contribution in [2.24, 2.45) is 0 Å². The number of methoxy groups -OCH3 is 2. The van der Waals surface area contributed by atoms with Crippen LogP contribution in [0, 0.1) is 10.1 Å². The fourth-order valence-electron chi connectivity index (χ4n) is 2.84. The number of para-hydroxylation sites is 1. The lowest BCUT2D eigenvalue weighted by Gasteiger charge is -2.14. The van der Waals surface area contributed by atoms with Gasteiger partial charge in [-0.3, -0.25) is 14.9 Å². The minimum atomic E-state index is -0.505. The number of nitro groups is 1. The SMILES string of the molecule is COc1ccc(-c2noc(CN(C)C(=O)Cc3ccccc3[N+](=O)[O-])n2)c(OC)c1. The highest BCUT2D eigenvalue weighted by atomic mass is 16.6. The van der Waals surface area contributed by atoms with E-state index < -0.39 is 4.92 Å². The molecule has 3 aromatic rings. The van der Waals surface area contributed by atoms with Gasteiger partial charge in [-0.25, -0.2) is 0 Å². The summed E-state index contributed by atoms with van der Waals surface area (Å²) in [5, 5.41) is 15.1. The Morgan fingerprint density at radius 3 is 2.67 bits per heavy atom. The Kier molecular flexibility index (Phi) is 6.26. The van der Waals surface area contributed by atoms with Gasteiger partial charge in [0, 0.05) is 24.7 Å². The van der Waals surface area contributed by atoms with Crippen LogP contribution in [0.1, 0.15) is 11.5 Å². The van der Waals surface area contributed by atoms with Crippen molar-refractivity contribution >= 4 is 11.6 Å². The quantitative estimate of drug-likeness (QED) is 0.409. The number of benzene rings is 2. The molecule has 1 heterocycles. The van der Waals surface area contributed by atoms with Crippen molar-refractivity contribution in [1.29, 1.82) is 0 Å². The second kappa shape index (κ2) is 9.03. The first kappa shape index (κ1) is 20.8. The van der Waals surface area contributed by atoms with Crippen LogP contribution in [0.3, 0.4) is 0 Å². The zero-order chi connectivity index (χ0) is 21.7. The van der Waals surface area contributed by atoms with Crippen LogP contribution in [-0.2, 0) is 17.8 Å². The third-order valence-corrected chi connectivity index (χ3v) is 4.45. The predicted octanol–water partition coefficient (Wildman–Crippen LogP) is 2.86. The van der Waals surface area contributed by atoms with E-state index in [9.17, 15) is 14.9 Å². The number of aromatic nitrogens is 2. The number of hydrogen-bond acceptors (Lipinski definition) is 8. The number of nitro benzene ring substituents is 1. The molecule has 3 rings (SSSR count). The molecule has 1 amide bonds. The van der Waals surface area contributed by atoms with Gasteiger partial charge in [-0.05, 0) is 12.1 Å². The third-order valence-electron chi connectivity index (χ3n) is 4.45. The normalized spacial score (nSPS) is 10.5. The van der Waals surface area contributed by atoms with E-state index in [1.165, 1.54) is 18.1 Å². The first-order valence-electron chi connectivity index (χ1n) is 8.94. The van der Waals surface area contributed by atoms with Gasteiger partial charge in [0.1, 0.15) is 11.5 Å².